The number of carbonyl (C=O) groups excluding carboxylic acids is 1. The highest BCUT2D eigenvalue weighted by Gasteiger charge is 2.15. The largest absolute Gasteiger partial charge is 0.382 e. The molecule has 1 fully saturated rings. The van der Waals surface area contributed by atoms with Crippen LogP contribution in [0.25, 0.3) is 0 Å². The van der Waals surface area contributed by atoms with E-state index in [1.807, 2.05) is 0 Å². The summed E-state index contributed by atoms with van der Waals surface area (Å²) < 4.78 is 31.6. The number of hydrogen-bond donors (Lipinski definition) is 2. The zero-order valence-electron chi connectivity index (χ0n) is 12.9. The van der Waals surface area contributed by atoms with Crippen LogP contribution in [0.4, 0.5) is 20.2 Å². The molecule has 7 heteroatoms. The van der Waals surface area contributed by atoms with Gasteiger partial charge in [0, 0.05) is 36.8 Å². The average molecular weight is 333 g/mol. The molecular weight excluding hydrogens is 316 g/mol. The molecule has 1 aliphatic rings. The lowest BCUT2D eigenvalue weighted by molar-refractivity contribution is 0.102. The lowest BCUT2D eigenvalue weighted by Crippen LogP contribution is -2.19. The van der Waals surface area contributed by atoms with Gasteiger partial charge in [0.05, 0.1) is 6.10 Å². The number of aromatic nitrogens is 1. The molecular formula is C17H17F2N3O2. The minimum absolute atomic E-state index is 0.165. The second-order valence-electron chi connectivity index (χ2n) is 5.53. The van der Waals surface area contributed by atoms with Gasteiger partial charge >= 0.3 is 0 Å². The molecule has 1 aromatic carbocycles. The van der Waals surface area contributed by atoms with Crippen molar-refractivity contribution in [1.82, 2.24) is 4.98 Å². The highest BCUT2D eigenvalue weighted by Crippen LogP contribution is 2.16. The van der Waals surface area contributed by atoms with Crippen molar-refractivity contribution in [2.75, 3.05) is 23.8 Å². The summed E-state index contributed by atoms with van der Waals surface area (Å²) in [5, 5.41) is 5.70. The van der Waals surface area contributed by atoms with Crippen LogP contribution in [0, 0.1) is 11.6 Å². The van der Waals surface area contributed by atoms with Gasteiger partial charge in [-0.05, 0) is 37.1 Å². The van der Waals surface area contributed by atoms with E-state index in [0.717, 1.165) is 37.3 Å². The predicted octanol–water partition coefficient (Wildman–Crippen LogP) is 3.20. The van der Waals surface area contributed by atoms with Crippen LogP contribution < -0.4 is 10.6 Å². The van der Waals surface area contributed by atoms with E-state index in [2.05, 4.69) is 15.6 Å². The highest BCUT2D eigenvalue weighted by atomic mass is 19.2. The first-order valence-corrected chi connectivity index (χ1v) is 7.70. The number of anilines is 2. The van der Waals surface area contributed by atoms with Crippen molar-refractivity contribution < 1.29 is 18.3 Å². The Bertz CT molecular complexity index is 734. The van der Waals surface area contributed by atoms with Crippen molar-refractivity contribution in [3.8, 4) is 0 Å². The van der Waals surface area contributed by atoms with Crippen LogP contribution >= 0.6 is 0 Å². The molecule has 0 radical (unpaired) electrons. The average Bonchev–Trinajstić information content (AvgIpc) is 3.10. The van der Waals surface area contributed by atoms with Gasteiger partial charge in [0.2, 0.25) is 0 Å². The van der Waals surface area contributed by atoms with E-state index in [0.29, 0.717) is 6.54 Å². The molecule has 5 nitrogen and oxygen atoms in total. The molecule has 0 saturated carbocycles. The molecule has 1 atom stereocenters. The van der Waals surface area contributed by atoms with Crippen molar-refractivity contribution in [3.63, 3.8) is 0 Å². The third-order valence-corrected chi connectivity index (χ3v) is 3.73. The number of ether oxygens (including phenoxy) is 1. The Morgan fingerprint density at radius 1 is 1.21 bits per heavy atom. The van der Waals surface area contributed by atoms with Crippen LogP contribution in [0.3, 0.4) is 0 Å². The van der Waals surface area contributed by atoms with Crippen LogP contribution in [0.2, 0.25) is 0 Å². The molecule has 0 spiro atoms. The first-order chi connectivity index (χ1) is 11.6. The van der Waals surface area contributed by atoms with Gasteiger partial charge in [-0.25, -0.2) is 8.78 Å². The lowest BCUT2D eigenvalue weighted by atomic mass is 10.2. The molecule has 1 saturated heterocycles. The number of rotatable bonds is 5. The number of amides is 1. The second kappa shape index (κ2) is 7.35. The van der Waals surface area contributed by atoms with Gasteiger partial charge in [-0.1, -0.05) is 0 Å². The maximum Gasteiger partial charge on any atom is 0.274 e. The van der Waals surface area contributed by atoms with E-state index in [-0.39, 0.29) is 17.5 Å². The number of nitrogens with zero attached hydrogens (tertiary/aromatic N) is 1. The Kier molecular flexibility index (Phi) is 5.00. The Balaban J connectivity index is 1.63. The molecule has 2 aromatic rings. The van der Waals surface area contributed by atoms with Crippen LogP contribution in [0.15, 0.2) is 36.5 Å². The Hall–Kier alpha value is -2.54. The third kappa shape index (κ3) is 4.05. The fourth-order valence-electron chi connectivity index (χ4n) is 2.47. The maximum absolute atomic E-state index is 13.2. The van der Waals surface area contributed by atoms with E-state index in [4.69, 9.17) is 4.74 Å². The number of pyridine rings is 1. The van der Waals surface area contributed by atoms with Crippen molar-refractivity contribution in [1.29, 1.82) is 0 Å². The fraction of sp³-hybridized carbons (Fsp3) is 0.294. The lowest BCUT2D eigenvalue weighted by Gasteiger charge is -2.12. The molecule has 1 amide bonds. The summed E-state index contributed by atoms with van der Waals surface area (Å²) in [4.78, 5) is 16.2. The van der Waals surface area contributed by atoms with Crippen molar-refractivity contribution in [3.05, 3.63) is 53.9 Å². The van der Waals surface area contributed by atoms with Crippen molar-refractivity contribution in [2.45, 2.75) is 18.9 Å². The Morgan fingerprint density at radius 2 is 2.08 bits per heavy atom. The van der Waals surface area contributed by atoms with Gasteiger partial charge in [-0.3, -0.25) is 9.78 Å². The highest BCUT2D eigenvalue weighted by molar-refractivity contribution is 6.03. The predicted molar refractivity (Wildman–Crippen MR) is 86.0 cm³/mol. The number of nitrogens with one attached hydrogen (secondary N) is 2. The minimum atomic E-state index is -1.02. The van der Waals surface area contributed by atoms with Gasteiger partial charge in [0.25, 0.3) is 5.91 Å². The SMILES string of the molecule is O=C(Nc1ccc(F)c(F)c1)c1cc(NCC2CCCO2)ccn1. The monoisotopic (exact) mass is 333 g/mol. The van der Waals surface area contributed by atoms with E-state index in [9.17, 15) is 13.6 Å². The molecule has 2 N–H and O–H groups in total. The number of benzene rings is 1. The third-order valence-electron chi connectivity index (χ3n) is 3.73. The second-order valence-corrected chi connectivity index (χ2v) is 5.53. The van der Waals surface area contributed by atoms with Crippen molar-refractivity contribution in [2.24, 2.45) is 0 Å². The van der Waals surface area contributed by atoms with Gasteiger partial charge in [0.1, 0.15) is 5.69 Å². The summed E-state index contributed by atoms with van der Waals surface area (Å²) in [5.41, 5.74) is 1.09. The standard InChI is InChI=1S/C17H17F2N3O2/c18-14-4-3-12(8-15(14)19)22-17(23)16-9-11(5-6-20-16)21-10-13-2-1-7-24-13/h3-6,8-9,13H,1-2,7,10H2,(H,20,21)(H,22,23). The Morgan fingerprint density at radius 3 is 2.83 bits per heavy atom. The van der Waals surface area contributed by atoms with Gasteiger partial charge in [-0.15, -0.1) is 0 Å². The molecule has 1 aromatic heterocycles. The Labute approximate surface area is 138 Å². The molecule has 0 aliphatic carbocycles. The normalized spacial score (nSPS) is 16.8. The van der Waals surface area contributed by atoms with Crippen LogP contribution in [0.5, 0.6) is 0 Å². The summed E-state index contributed by atoms with van der Waals surface area (Å²) >= 11 is 0. The van der Waals surface area contributed by atoms with E-state index >= 15 is 0 Å². The summed E-state index contributed by atoms with van der Waals surface area (Å²) in [6.45, 7) is 1.44. The maximum atomic E-state index is 13.2. The molecule has 1 unspecified atom stereocenters. The molecule has 2 heterocycles. The number of carbonyl (C=O) groups is 1. The van der Waals surface area contributed by atoms with Gasteiger partial charge in [-0.2, -0.15) is 0 Å². The summed E-state index contributed by atoms with van der Waals surface area (Å²) in [7, 11) is 0. The smallest absolute Gasteiger partial charge is 0.274 e. The fourth-order valence-corrected chi connectivity index (χ4v) is 2.47. The van der Waals surface area contributed by atoms with Crippen LogP contribution in [-0.2, 0) is 4.74 Å². The van der Waals surface area contributed by atoms with Crippen LogP contribution in [-0.4, -0.2) is 30.1 Å². The molecule has 0 bridgehead atoms. The first kappa shape index (κ1) is 16.3. The van der Waals surface area contributed by atoms with Gasteiger partial charge in [0.15, 0.2) is 11.6 Å². The topological polar surface area (TPSA) is 63.2 Å². The van der Waals surface area contributed by atoms with Gasteiger partial charge < -0.3 is 15.4 Å². The molecule has 126 valence electrons. The molecule has 3 rings (SSSR count). The van der Waals surface area contributed by atoms with E-state index < -0.39 is 17.5 Å². The number of hydrogen-bond acceptors (Lipinski definition) is 4. The summed E-state index contributed by atoms with van der Waals surface area (Å²) in [6.07, 6.45) is 3.77. The first-order valence-electron chi connectivity index (χ1n) is 7.70. The van der Waals surface area contributed by atoms with E-state index in [1.54, 1.807) is 12.1 Å². The minimum Gasteiger partial charge on any atom is -0.382 e. The zero-order valence-corrected chi connectivity index (χ0v) is 12.9. The molecule has 24 heavy (non-hydrogen) atoms. The van der Waals surface area contributed by atoms with Crippen molar-refractivity contribution >= 4 is 17.3 Å². The summed E-state index contributed by atoms with van der Waals surface area (Å²) in [6, 6.07) is 6.52. The van der Waals surface area contributed by atoms with Crippen LogP contribution in [0.1, 0.15) is 23.3 Å². The zero-order chi connectivity index (χ0) is 16.9. The van der Waals surface area contributed by atoms with E-state index in [1.165, 1.54) is 12.3 Å². The number of halogens is 2. The molecule has 1 aliphatic heterocycles. The quantitative estimate of drug-likeness (QED) is 0.882. The summed E-state index contributed by atoms with van der Waals surface area (Å²) in [5.74, 6) is -2.49.